The monoisotopic (exact) mass is 359 g/mol. The van der Waals surface area contributed by atoms with E-state index in [1.54, 1.807) is 0 Å². The smallest absolute Gasteiger partial charge is 0.269 e. The van der Waals surface area contributed by atoms with Crippen LogP contribution in [-0.4, -0.2) is 26.4 Å². The zero-order valence-electron chi connectivity index (χ0n) is 12.1. The van der Waals surface area contributed by atoms with Crippen molar-refractivity contribution in [1.29, 1.82) is 0 Å². The molecule has 0 aliphatic heterocycles. The van der Waals surface area contributed by atoms with E-state index < -0.39 is 21.7 Å². The fraction of sp³-hybridized carbons (Fsp3) is 0.143. The number of amides is 1. The van der Waals surface area contributed by atoms with Crippen LogP contribution in [0.4, 0.5) is 10.1 Å². The molecule has 1 amide bonds. The molecule has 0 saturated carbocycles. The van der Waals surface area contributed by atoms with Gasteiger partial charge in [0.25, 0.3) is 5.91 Å². The summed E-state index contributed by atoms with van der Waals surface area (Å²) in [6.45, 7) is 0. The number of sulfonamides is 1. The third kappa shape index (κ3) is 5.50. The van der Waals surface area contributed by atoms with Crippen LogP contribution in [0.2, 0.25) is 0 Å². The standard InChI is InChI=1S/C14H14FN3O3S.ClH/c1-16-14(19)13-8-12(6-7-17-13)18-22(20,21)9-10-2-4-11(15)5-3-10;/h2-8H,9H2,1H3,(H,16,19)(H,17,18);1H. The molecule has 23 heavy (non-hydrogen) atoms. The summed E-state index contributed by atoms with van der Waals surface area (Å²) in [5.74, 6) is -1.15. The van der Waals surface area contributed by atoms with Crippen molar-refractivity contribution >= 4 is 34.0 Å². The van der Waals surface area contributed by atoms with Gasteiger partial charge < -0.3 is 5.32 Å². The van der Waals surface area contributed by atoms with Crippen LogP contribution < -0.4 is 10.0 Å². The molecule has 2 rings (SSSR count). The fourth-order valence-electron chi connectivity index (χ4n) is 1.76. The van der Waals surface area contributed by atoms with Gasteiger partial charge in [-0.05, 0) is 29.8 Å². The Labute approximate surface area is 139 Å². The number of nitrogens with zero attached hydrogens (tertiary/aromatic N) is 1. The van der Waals surface area contributed by atoms with Gasteiger partial charge >= 0.3 is 0 Å². The van der Waals surface area contributed by atoms with Crippen LogP contribution in [0.3, 0.4) is 0 Å². The number of rotatable bonds is 5. The van der Waals surface area contributed by atoms with Crippen LogP contribution in [0.25, 0.3) is 0 Å². The third-order valence-electron chi connectivity index (χ3n) is 2.76. The van der Waals surface area contributed by atoms with Crippen molar-refractivity contribution in [2.45, 2.75) is 5.75 Å². The molecule has 0 bridgehead atoms. The Morgan fingerprint density at radius 3 is 2.48 bits per heavy atom. The highest BCUT2D eigenvalue weighted by Gasteiger charge is 2.13. The van der Waals surface area contributed by atoms with Crippen molar-refractivity contribution in [3.8, 4) is 0 Å². The first-order chi connectivity index (χ1) is 10.4. The predicted molar refractivity (Wildman–Crippen MR) is 87.5 cm³/mol. The number of hydrogen-bond donors (Lipinski definition) is 2. The third-order valence-corrected chi connectivity index (χ3v) is 4.02. The van der Waals surface area contributed by atoms with Crippen LogP contribution in [0.1, 0.15) is 16.1 Å². The van der Waals surface area contributed by atoms with E-state index in [1.165, 1.54) is 49.6 Å². The number of carbonyl (C=O) groups is 1. The maximum atomic E-state index is 12.8. The number of carbonyl (C=O) groups excluding carboxylic acids is 1. The molecular formula is C14H15ClFN3O3S. The minimum atomic E-state index is -3.68. The van der Waals surface area contributed by atoms with Gasteiger partial charge in [0.15, 0.2) is 0 Å². The summed E-state index contributed by atoms with van der Waals surface area (Å²) in [5.41, 5.74) is 0.787. The molecule has 0 aliphatic rings. The van der Waals surface area contributed by atoms with Crippen molar-refractivity contribution in [2.75, 3.05) is 11.8 Å². The summed E-state index contributed by atoms with van der Waals surface area (Å²) in [6, 6.07) is 7.96. The maximum absolute atomic E-state index is 12.8. The van der Waals surface area contributed by atoms with Gasteiger partial charge in [-0.15, -0.1) is 12.4 Å². The average Bonchev–Trinajstić information content (AvgIpc) is 2.48. The number of aromatic nitrogens is 1. The zero-order chi connectivity index (χ0) is 16.2. The number of pyridine rings is 1. The summed E-state index contributed by atoms with van der Waals surface area (Å²) >= 11 is 0. The second kappa shape index (κ2) is 7.89. The van der Waals surface area contributed by atoms with Crippen molar-refractivity contribution in [2.24, 2.45) is 0 Å². The molecule has 0 radical (unpaired) electrons. The van der Waals surface area contributed by atoms with Crippen LogP contribution in [-0.2, 0) is 15.8 Å². The molecule has 0 aliphatic carbocycles. The second-order valence-corrected chi connectivity index (χ2v) is 6.22. The first-order valence-electron chi connectivity index (χ1n) is 6.33. The van der Waals surface area contributed by atoms with Gasteiger partial charge in [0.1, 0.15) is 11.5 Å². The van der Waals surface area contributed by atoms with Crippen molar-refractivity contribution in [3.05, 3.63) is 59.7 Å². The topological polar surface area (TPSA) is 88.2 Å². The van der Waals surface area contributed by atoms with Crippen LogP contribution >= 0.6 is 12.4 Å². The molecule has 6 nitrogen and oxygen atoms in total. The molecule has 0 saturated heterocycles. The minimum absolute atomic E-state index is 0. The van der Waals surface area contributed by atoms with Crippen LogP contribution in [0, 0.1) is 5.82 Å². The highest BCUT2D eigenvalue weighted by atomic mass is 35.5. The molecule has 1 aromatic carbocycles. The molecule has 0 fully saturated rings. The van der Waals surface area contributed by atoms with Crippen LogP contribution in [0.5, 0.6) is 0 Å². The van der Waals surface area contributed by atoms with Gasteiger partial charge in [-0.3, -0.25) is 14.5 Å². The molecule has 124 valence electrons. The molecule has 2 aromatic rings. The summed E-state index contributed by atoms with van der Waals surface area (Å²) < 4.78 is 39.3. The van der Waals surface area contributed by atoms with E-state index in [-0.39, 0.29) is 29.5 Å². The molecule has 1 aromatic heterocycles. The molecule has 1 heterocycles. The van der Waals surface area contributed by atoms with Crippen molar-refractivity contribution in [3.63, 3.8) is 0 Å². The molecule has 0 spiro atoms. The Bertz CT molecular complexity index is 782. The summed E-state index contributed by atoms with van der Waals surface area (Å²) in [4.78, 5) is 15.3. The number of nitrogens with one attached hydrogen (secondary N) is 2. The first kappa shape index (κ1) is 18.9. The summed E-state index contributed by atoms with van der Waals surface area (Å²) in [7, 11) is -2.23. The lowest BCUT2D eigenvalue weighted by molar-refractivity contribution is 0.0958. The molecule has 2 N–H and O–H groups in total. The SMILES string of the molecule is CNC(=O)c1cc(NS(=O)(=O)Cc2ccc(F)cc2)ccn1.Cl. The lowest BCUT2D eigenvalue weighted by atomic mass is 10.2. The van der Waals surface area contributed by atoms with E-state index in [0.29, 0.717) is 5.56 Å². The van der Waals surface area contributed by atoms with Gasteiger partial charge in [-0.25, -0.2) is 12.8 Å². The average molecular weight is 360 g/mol. The summed E-state index contributed by atoms with van der Waals surface area (Å²) in [6.07, 6.45) is 1.33. The van der Waals surface area contributed by atoms with Crippen molar-refractivity contribution < 1.29 is 17.6 Å². The lowest BCUT2D eigenvalue weighted by Gasteiger charge is -2.09. The van der Waals surface area contributed by atoms with Gasteiger partial charge in [0.2, 0.25) is 10.0 Å². The van der Waals surface area contributed by atoms with E-state index in [0.717, 1.165) is 0 Å². The molecule has 0 atom stereocenters. The van der Waals surface area contributed by atoms with E-state index in [2.05, 4.69) is 15.0 Å². The number of hydrogen-bond acceptors (Lipinski definition) is 4. The van der Waals surface area contributed by atoms with E-state index in [4.69, 9.17) is 0 Å². The summed E-state index contributed by atoms with van der Waals surface area (Å²) in [5, 5.41) is 2.40. The Morgan fingerprint density at radius 2 is 1.87 bits per heavy atom. The Balaban J connectivity index is 0.00000264. The van der Waals surface area contributed by atoms with E-state index in [1.807, 2.05) is 0 Å². The van der Waals surface area contributed by atoms with E-state index in [9.17, 15) is 17.6 Å². The van der Waals surface area contributed by atoms with E-state index >= 15 is 0 Å². The van der Waals surface area contributed by atoms with Gasteiger partial charge in [-0.1, -0.05) is 12.1 Å². The fourth-order valence-corrected chi connectivity index (χ4v) is 2.95. The Kier molecular flexibility index (Phi) is 6.47. The zero-order valence-corrected chi connectivity index (χ0v) is 13.7. The van der Waals surface area contributed by atoms with Gasteiger partial charge in [0, 0.05) is 13.2 Å². The highest BCUT2D eigenvalue weighted by molar-refractivity contribution is 7.91. The first-order valence-corrected chi connectivity index (χ1v) is 7.98. The Morgan fingerprint density at radius 1 is 1.22 bits per heavy atom. The predicted octanol–water partition coefficient (Wildman–Crippen LogP) is 1.94. The van der Waals surface area contributed by atoms with Gasteiger partial charge in [0.05, 0.1) is 11.4 Å². The quantitative estimate of drug-likeness (QED) is 0.854. The Hall–Kier alpha value is -2.19. The number of halogens is 2. The lowest BCUT2D eigenvalue weighted by Crippen LogP contribution is -2.20. The van der Waals surface area contributed by atoms with Crippen molar-refractivity contribution in [1.82, 2.24) is 10.3 Å². The number of benzene rings is 1. The molecular weight excluding hydrogens is 345 g/mol. The van der Waals surface area contributed by atoms with Crippen LogP contribution in [0.15, 0.2) is 42.6 Å². The minimum Gasteiger partial charge on any atom is -0.354 e. The normalized spacial score (nSPS) is 10.5. The highest BCUT2D eigenvalue weighted by Crippen LogP contribution is 2.14. The molecule has 9 heteroatoms. The molecule has 0 unspecified atom stereocenters. The van der Waals surface area contributed by atoms with Gasteiger partial charge in [-0.2, -0.15) is 0 Å². The second-order valence-electron chi connectivity index (χ2n) is 4.50. The largest absolute Gasteiger partial charge is 0.354 e. The maximum Gasteiger partial charge on any atom is 0.269 e. The number of anilines is 1.